The van der Waals surface area contributed by atoms with Crippen molar-refractivity contribution in [2.24, 2.45) is 5.92 Å². The number of methoxy groups -OCH3 is 1. The minimum absolute atomic E-state index is 0.0969. The predicted octanol–water partition coefficient (Wildman–Crippen LogP) is 0.0892. The van der Waals surface area contributed by atoms with Crippen molar-refractivity contribution in [1.29, 1.82) is 0 Å². The van der Waals surface area contributed by atoms with E-state index < -0.39 is 0 Å². The van der Waals surface area contributed by atoms with E-state index in [2.05, 4.69) is 19.2 Å². The second-order valence-electron chi connectivity index (χ2n) is 4.08. The molecule has 14 heavy (non-hydrogen) atoms. The summed E-state index contributed by atoms with van der Waals surface area (Å²) >= 11 is 0. The molecule has 0 radical (unpaired) electrons. The molecule has 1 saturated heterocycles. The first-order valence-corrected chi connectivity index (χ1v) is 5.15. The molecule has 0 aromatic heterocycles. The SMILES string of the molecule is COCC(=O)N1CCNC(C(C)C)C1. The maximum atomic E-state index is 11.5. The highest BCUT2D eigenvalue weighted by Gasteiger charge is 2.24. The summed E-state index contributed by atoms with van der Waals surface area (Å²) < 4.78 is 4.84. The molecule has 1 atom stereocenters. The Morgan fingerprint density at radius 1 is 1.64 bits per heavy atom. The topological polar surface area (TPSA) is 41.6 Å². The van der Waals surface area contributed by atoms with Crippen LogP contribution in [0.3, 0.4) is 0 Å². The summed E-state index contributed by atoms with van der Waals surface area (Å²) in [5.74, 6) is 0.660. The van der Waals surface area contributed by atoms with E-state index in [4.69, 9.17) is 4.74 Å². The molecule has 1 unspecified atom stereocenters. The number of piperazine rings is 1. The van der Waals surface area contributed by atoms with Crippen LogP contribution in [0.4, 0.5) is 0 Å². The molecule has 0 bridgehead atoms. The van der Waals surface area contributed by atoms with Crippen LogP contribution < -0.4 is 5.32 Å². The zero-order chi connectivity index (χ0) is 10.6. The number of nitrogens with zero attached hydrogens (tertiary/aromatic N) is 1. The van der Waals surface area contributed by atoms with E-state index in [-0.39, 0.29) is 12.5 Å². The van der Waals surface area contributed by atoms with Crippen molar-refractivity contribution in [3.63, 3.8) is 0 Å². The van der Waals surface area contributed by atoms with Gasteiger partial charge in [-0.05, 0) is 5.92 Å². The normalized spacial score (nSPS) is 22.9. The third kappa shape index (κ3) is 2.96. The van der Waals surface area contributed by atoms with Crippen LogP contribution in [-0.4, -0.2) is 50.2 Å². The lowest BCUT2D eigenvalue weighted by atomic mass is 10.0. The van der Waals surface area contributed by atoms with Gasteiger partial charge in [0.1, 0.15) is 6.61 Å². The van der Waals surface area contributed by atoms with Gasteiger partial charge in [0.2, 0.25) is 5.91 Å². The van der Waals surface area contributed by atoms with E-state index in [0.717, 1.165) is 19.6 Å². The van der Waals surface area contributed by atoms with Crippen molar-refractivity contribution < 1.29 is 9.53 Å². The van der Waals surface area contributed by atoms with Crippen molar-refractivity contribution in [3.05, 3.63) is 0 Å². The molecular weight excluding hydrogens is 180 g/mol. The fourth-order valence-electron chi connectivity index (χ4n) is 1.67. The van der Waals surface area contributed by atoms with Gasteiger partial charge in [0.05, 0.1) is 0 Å². The zero-order valence-electron chi connectivity index (χ0n) is 9.25. The Hall–Kier alpha value is -0.610. The summed E-state index contributed by atoms with van der Waals surface area (Å²) in [5.41, 5.74) is 0. The van der Waals surface area contributed by atoms with E-state index in [1.165, 1.54) is 0 Å². The molecule has 4 heteroatoms. The summed E-state index contributed by atoms with van der Waals surface area (Å²) in [6.45, 7) is 7.03. The summed E-state index contributed by atoms with van der Waals surface area (Å²) in [6, 6.07) is 0.421. The average Bonchev–Trinajstić information content (AvgIpc) is 2.18. The Morgan fingerprint density at radius 2 is 2.36 bits per heavy atom. The van der Waals surface area contributed by atoms with Crippen molar-refractivity contribution in [2.75, 3.05) is 33.4 Å². The van der Waals surface area contributed by atoms with E-state index in [9.17, 15) is 4.79 Å². The molecule has 0 spiro atoms. The van der Waals surface area contributed by atoms with Crippen LogP contribution in [0.5, 0.6) is 0 Å². The van der Waals surface area contributed by atoms with Gasteiger partial charge < -0.3 is 15.0 Å². The third-order valence-corrected chi connectivity index (χ3v) is 2.63. The first-order valence-electron chi connectivity index (χ1n) is 5.15. The van der Waals surface area contributed by atoms with Crippen molar-refractivity contribution in [3.8, 4) is 0 Å². The number of carbonyl (C=O) groups excluding carboxylic acids is 1. The molecule has 1 aliphatic rings. The Balaban J connectivity index is 2.43. The first kappa shape index (κ1) is 11.5. The molecule has 1 fully saturated rings. The minimum atomic E-state index is 0.0969. The Morgan fingerprint density at radius 3 is 2.93 bits per heavy atom. The van der Waals surface area contributed by atoms with Crippen LogP contribution in [0.1, 0.15) is 13.8 Å². The standard InChI is InChI=1S/C10H20N2O2/c1-8(2)9-6-12(5-4-11-9)10(13)7-14-3/h8-9,11H,4-7H2,1-3H3. The molecule has 82 valence electrons. The number of hydrogen-bond donors (Lipinski definition) is 1. The predicted molar refractivity (Wildman–Crippen MR) is 55.1 cm³/mol. The smallest absolute Gasteiger partial charge is 0.248 e. The van der Waals surface area contributed by atoms with Crippen molar-refractivity contribution >= 4 is 5.91 Å². The Labute approximate surface area is 85.6 Å². The van der Waals surface area contributed by atoms with Gasteiger partial charge in [-0.2, -0.15) is 0 Å². The molecule has 1 rings (SSSR count). The second kappa shape index (κ2) is 5.32. The van der Waals surface area contributed by atoms with Crippen LogP contribution in [0.25, 0.3) is 0 Å². The van der Waals surface area contributed by atoms with Crippen LogP contribution in [0.2, 0.25) is 0 Å². The molecule has 0 aliphatic carbocycles. The van der Waals surface area contributed by atoms with E-state index >= 15 is 0 Å². The maximum Gasteiger partial charge on any atom is 0.248 e. The van der Waals surface area contributed by atoms with E-state index in [0.29, 0.717) is 12.0 Å². The summed E-state index contributed by atoms with van der Waals surface area (Å²) in [6.07, 6.45) is 0. The monoisotopic (exact) mass is 200 g/mol. The number of hydrogen-bond acceptors (Lipinski definition) is 3. The van der Waals surface area contributed by atoms with Crippen LogP contribution in [-0.2, 0) is 9.53 Å². The van der Waals surface area contributed by atoms with Crippen LogP contribution in [0, 0.1) is 5.92 Å². The number of carbonyl (C=O) groups is 1. The molecule has 1 heterocycles. The maximum absolute atomic E-state index is 11.5. The molecule has 1 aliphatic heterocycles. The molecule has 1 N–H and O–H groups in total. The highest BCUT2D eigenvalue weighted by molar-refractivity contribution is 5.77. The molecular formula is C10H20N2O2. The summed E-state index contributed by atoms with van der Waals surface area (Å²) in [4.78, 5) is 13.4. The lowest BCUT2D eigenvalue weighted by Gasteiger charge is -2.35. The number of amides is 1. The van der Waals surface area contributed by atoms with Gasteiger partial charge in [0.15, 0.2) is 0 Å². The van der Waals surface area contributed by atoms with Crippen molar-refractivity contribution in [2.45, 2.75) is 19.9 Å². The Bertz CT molecular complexity index is 195. The van der Waals surface area contributed by atoms with Gasteiger partial charge >= 0.3 is 0 Å². The van der Waals surface area contributed by atoms with Crippen molar-refractivity contribution in [1.82, 2.24) is 10.2 Å². The van der Waals surface area contributed by atoms with E-state index in [1.54, 1.807) is 7.11 Å². The van der Waals surface area contributed by atoms with Gasteiger partial charge in [-0.25, -0.2) is 0 Å². The highest BCUT2D eigenvalue weighted by atomic mass is 16.5. The van der Waals surface area contributed by atoms with Crippen LogP contribution in [0.15, 0.2) is 0 Å². The largest absolute Gasteiger partial charge is 0.375 e. The average molecular weight is 200 g/mol. The molecule has 0 aromatic carbocycles. The van der Waals surface area contributed by atoms with Gasteiger partial charge in [0.25, 0.3) is 0 Å². The lowest BCUT2D eigenvalue weighted by molar-refractivity contribution is -0.136. The van der Waals surface area contributed by atoms with Gasteiger partial charge in [0, 0.05) is 32.8 Å². The molecule has 1 amide bonds. The molecule has 0 aromatic rings. The fraction of sp³-hybridized carbons (Fsp3) is 0.900. The fourth-order valence-corrected chi connectivity index (χ4v) is 1.67. The zero-order valence-corrected chi connectivity index (χ0v) is 9.25. The molecule has 4 nitrogen and oxygen atoms in total. The van der Waals surface area contributed by atoms with Gasteiger partial charge in [-0.15, -0.1) is 0 Å². The number of rotatable bonds is 3. The summed E-state index contributed by atoms with van der Waals surface area (Å²) in [5, 5.41) is 3.41. The van der Waals surface area contributed by atoms with Crippen LogP contribution >= 0.6 is 0 Å². The quantitative estimate of drug-likeness (QED) is 0.702. The highest BCUT2D eigenvalue weighted by Crippen LogP contribution is 2.08. The third-order valence-electron chi connectivity index (χ3n) is 2.63. The number of ether oxygens (including phenoxy) is 1. The Kier molecular flexibility index (Phi) is 4.35. The van der Waals surface area contributed by atoms with Gasteiger partial charge in [-0.3, -0.25) is 4.79 Å². The van der Waals surface area contributed by atoms with E-state index in [1.807, 2.05) is 4.90 Å². The summed E-state index contributed by atoms with van der Waals surface area (Å²) in [7, 11) is 1.56. The molecule has 0 saturated carbocycles. The number of nitrogens with one attached hydrogen (secondary N) is 1. The lowest BCUT2D eigenvalue weighted by Crippen LogP contribution is -2.55. The second-order valence-corrected chi connectivity index (χ2v) is 4.08. The van der Waals surface area contributed by atoms with Gasteiger partial charge in [-0.1, -0.05) is 13.8 Å². The minimum Gasteiger partial charge on any atom is -0.375 e. The first-order chi connectivity index (χ1) is 6.65.